The van der Waals surface area contributed by atoms with E-state index >= 15 is 0 Å². The van der Waals surface area contributed by atoms with Crippen LogP contribution in [0.3, 0.4) is 0 Å². The minimum absolute atomic E-state index is 0.0256. The van der Waals surface area contributed by atoms with Crippen molar-refractivity contribution in [2.45, 2.75) is 31.2 Å². The first-order valence-corrected chi connectivity index (χ1v) is 7.18. The molecule has 0 aliphatic heterocycles. The molecule has 0 saturated carbocycles. The van der Waals surface area contributed by atoms with E-state index in [4.69, 9.17) is 4.74 Å². The molecule has 0 spiro atoms. The Morgan fingerprint density at radius 1 is 1.35 bits per heavy atom. The summed E-state index contributed by atoms with van der Waals surface area (Å²) < 4.78 is 5.42. The van der Waals surface area contributed by atoms with Crippen molar-refractivity contribution in [2.24, 2.45) is 0 Å². The molecule has 0 radical (unpaired) electrons. The van der Waals surface area contributed by atoms with E-state index in [0.717, 1.165) is 18.4 Å². The average molecular weight is 273 g/mol. The van der Waals surface area contributed by atoms with Gasteiger partial charge in [0.05, 0.1) is 6.61 Å². The Kier molecular flexibility index (Phi) is 4.61. The van der Waals surface area contributed by atoms with E-state index in [-0.39, 0.29) is 12.0 Å². The number of carbonyl (C=O) groups excluding carboxylic acids is 1. The van der Waals surface area contributed by atoms with Gasteiger partial charge in [-0.25, -0.2) is 0 Å². The molecule has 0 unspecified atom stereocenters. The number of ether oxygens (including phenoxy) is 1. The summed E-state index contributed by atoms with van der Waals surface area (Å²) in [6.07, 6.45) is 5.98. The van der Waals surface area contributed by atoms with Crippen LogP contribution in [0.25, 0.3) is 0 Å². The lowest BCUT2D eigenvalue weighted by Gasteiger charge is -2.42. The molecule has 1 aromatic rings. The molecule has 0 aromatic heterocycles. The lowest BCUT2D eigenvalue weighted by atomic mass is 9.68. The molecule has 0 saturated heterocycles. The lowest BCUT2D eigenvalue weighted by Crippen LogP contribution is -2.54. The topological polar surface area (TPSA) is 29.5 Å². The number of likely N-dealkylation sites (N-methyl/N-ethyl adjacent to an activating group) is 1. The van der Waals surface area contributed by atoms with Crippen LogP contribution < -0.4 is 0 Å². The van der Waals surface area contributed by atoms with E-state index in [1.807, 2.05) is 51.4 Å². The van der Waals surface area contributed by atoms with Gasteiger partial charge < -0.3 is 9.64 Å². The maximum absolute atomic E-state index is 12.8. The summed E-state index contributed by atoms with van der Waals surface area (Å²) in [5.74, 6) is -0.116. The van der Waals surface area contributed by atoms with E-state index in [0.29, 0.717) is 6.61 Å². The van der Waals surface area contributed by atoms with Gasteiger partial charge >= 0.3 is 5.97 Å². The summed E-state index contributed by atoms with van der Waals surface area (Å²) in [5.41, 5.74) is 0.441. The fraction of sp³-hybridized carbons (Fsp3) is 0.471. The number of allylic oxidation sites excluding steroid dienone is 1. The maximum atomic E-state index is 12.8. The highest BCUT2D eigenvalue weighted by Crippen LogP contribution is 2.40. The number of nitrogens with zero attached hydrogens (tertiary/aromatic N) is 1. The third-order valence-electron chi connectivity index (χ3n) is 4.01. The monoisotopic (exact) mass is 273 g/mol. The molecule has 0 bridgehead atoms. The zero-order valence-electron chi connectivity index (χ0n) is 12.5. The van der Waals surface area contributed by atoms with Gasteiger partial charge in [-0.2, -0.15) is 0 Å². The van der Waals surface area contributed by atoms with E-state index in [1.165, 1.54) is 0 Å². The van der Waals surface area contributed by atoms with Crippen LogP contribution in [0.15, 0.2) is 42.5 Å². The zero-order valence-corrected chi connectivity index (χ0v) is 12.5. The van der Waals surface area contributed by atoms with Crippen molar-refractivity contribution in [2.75, 3.05) is 20.7 Å². The van der Waals surface area contributed by atoms with Crippen LogP contribution >= 0.6 is 0 Å². The third kappa shape index (κ3) is 2.50. The number of hydrogen-bond donors (Lipinski definition) is 0. The molecule has 0 N–H and O–H groups in total. The second kappa shape index (κ2) is 6.23. The van der Waals surface area contributed by atoms with Crippen molar-refractivity contribution in [1.82, 2.24) is 4.90 Å². The highest BCUT2D eigenvalue weighted by molar-refractivity contribution is 5.85. The highest BCUT2D eigenvalue weighted by Gasteiger charge is 2.49. The summed E-state index contributed by atoms with van der Waals surface area (Å²) >= 11 is 0. The van der Waals surface area contributed by atoms with Gasteiger partial charge in [-0.3, -0.25) is 4.79 Å². The van der Waals surface area contributed by atoms with E-state index < -0.39 is 5.41 Å². The molecule has 3 heteroatoms. The largest absolute Gasteiger partial charge is 0.465 e. The summed E-state index contributed by atoms with van der Waals surface area (Å²) in [7, 11) is 4.02. The highest BCUT2D eigenvalue weighted by atomic mass is 16.5. The smallest absolute Gasteiger partial charge is 0.318 e. The average Bonchev–Trinajstić information content (AvgIpc) is 2.48. The van der Waals surface area contributed by atoms with Gasteiger partial charge in [0, 0.05) is 6.04 Å². The molecule has 2 rings (SSSR count). The van der Waals surface area contributed by atoms with Crippen molar-refractivity contribution < 1.29 is 9.53 Å². The molecular formula is C17H23NO2. The minimum atomic E-state index is -0.602. The minimum Gasteiger partial charge on any atom is -0.465 e. The van der Waals surface area contributed by atoms with Gasteiger partial charge in [-0.15, -0.1) is 0 Å². The van der Waals surface area contributed by atoms with Crippen molar-refractivity contribution in [3.05, 3.63) is 48.0 Å². The molecule has 0 fully saturated rings. The molecule has 0 heterocycles. The lowest BCUT2D eigenvalue weighted by molar-refractivity contribution is -0.152. The summed E-state index contributed by atoms with van der Waals surface area (Å²) in [5, 5.41) is 0. The molecule has 1 aliphatic carbocycles. The van der Waals surface area contributed by atoms with Gasteiger partial charge in [-0.1, -0.05) is 42.5 Å². The molecule has 1 aliphatic rings. The molecule has 20 heavy (non-hydrogen) atoms. The summed E-state index contributed by atoms with van der Waals surface area (Å²) in [4.78, 5) is 14.8. The van der Waals surface area contributed by atoms with Gasteiger partial charge in [0.2, 0.25) is 0 Å². The van der Waals surface area contributed by atoms with E-state index in [2.05, 4.69) is 17.1 Å². The number of carbonyl (C=O) groups is 1. The molecular weight excluding hydrogens is 250 g/mol. The zero-order chi connectivity index (χ0) is 14.6. The summed E-state index contributed by atoms with van der Waals surface area (Å²) in [6, 6.07) is 10.0. The number of esters is 1. The molecule has 0 amide bonds. The van der Waals surface area contributed by atoms with Crippen LogP contribution in [0.5, 0.6) is 0 Å². The Hall–Kier alpha value is -1.61. The number of benzene rings is 1. The van der Waals surface area contributed by atoms with Gasteiger partial charge in [-0.05, 0) is 39.4 Å². The first-order valence-electron chi connectivity index (χ1n) is 7.18. The van der Waals surface area contributed by atoms with Crippen LogP contribution in [0, 0.1) is 0 Å². The SMILES string of the molecule is CCOC(=O)[C@]1(c2ccccc2)CCC=C[C@H]1N(C)C. The molecule has 3 nitrogen and oxygen atoms in total. The van der Waals surface area contributed by atoms with Crippen LogP contribution in [-0.2, 0) is 14.9 Å². The van der Waals surface area contributed by atoms with Crippen molar-refractivity contribution in [3.63, 3.8) is 0 Å². The van der Waals surface area contributed by atoms with Crippen LogP contribution in [0.1, 0.15) is 25.3 Å². The van der Waals surface area contributed by atoms with Crippen molar-refractivity contribution in [3.8, 4) is 0 Å². The van der Waals surface area contributed by atoms with Crippen LogP contribution in [0.2, 0.25) is 0 Å². The molecule has 108 valence electrons. The van der Waals surface area contributed by atoms with Crippen LogP contribution in [0.4, 0.5) is 0 Å². The third-order valence-corrected chi connectivity index (χ3v) is 4.01. The normalized spacial score (nSPS) is 25.7. The van der Waals surface area contributed by atoms with Crippen molar-refractivity contribution in [1.29, 1.82) is 0 Å². The first kappa shape index (κ1) is 14.8. The Labute approximate surface area is 121 Å². The fourth-order valence-corrected chi connectivity index (χ4v) is 3.11. The van der Waals surface area contributed by atoms with Gasteiger partial charge in [0.15, 0.2) is 0 Å². The second-order valence-corrected chi connectivity index (χ2v) is 5.43. The Morgan fingerprint density at radius 2 is 2.05 bits per heavy atom. The molecule has 2 atom stereocenters. The quantitative estimate of drug-likeness (QED) is 0.624. The maximum Gasteiger partial charge on any atom is 0.318 e. The number of rotatable bonds is 4. The predicted molar refractivity (Wildman–Crippen MR) is 80.6 cm³/mol. The summed E-state index contributed by atoms with van der Waals surface area (Å²) in [6.45, 7) is 2.28. The Balaban J connectivity index is 2.54. The van der Waals surface area contributed by atoms with Crippen LogP contribution in [-0.4, -0.2) is 37.6 Å². The van der Waals surface area contributed by atoms with Gasteiger partial charge in [0.1, 0.15) is 5.41 Å². The van der Waals surface area contributed by atoms with E-state index in [9.17, 15) is 4.79 Å². The van der Waals surface area contributed by atoms with Crippen molar-refractivity contribution >= 4 is 5.97 Å². The first-order chi connectivity index (χ1) is 9.63. The molecule has 1 aromatic carbocycles. The van der Waals surface area contributed by atoms with E-state index in [1.54, 1.807) is 0 Å². The fourth-order valence-electron chi connectivity index (χ4n) is 3.11. The standard InChI is InChI=1S/C17H23NO2/c1-4-20-16(19)17(14-10-6-5-7-11-14)13-9-8-12-15(17)18(2)3/h5-8,10-12,15H,4,9,13H2,1-3H3/t15-,17+/m1/s1. The number of hydrogen-bond acceptors (Lipinski definition) is 3. The predicted octanol–water partition coefficient (Wildman–Crippen LogP) is 2.77. The Morgan fingerprint density at radius 3 is 2.65 bits per heavy atom. The Bertz CT molecular complexity index is 481. The van der Waals surface area contributed by atoms with Gasteiger partial charge in [0.25, 0.3) is 0 Å². The second-order valence-electron chi connectivity index (χ2n) is 5.43.